The van der Waals surface area contributed by atoms with Crippen molar-refractivity contribution in [3.63, 3.8) is 0 Å². The second-order valence-electron chi connectivity index (χ2n) is 3.56. The minimum Gasteiger partial charge on any atom is -0.371 e. The van der Waals surface area contributed by atoms with Gasteiger partial charge >= 0.3 is 0 Å². The third-order valence-corrected chi connectivity index (χ3v) is 3.20. The largest absolute Gasteiger partial charge is 0.371 e. The van der Waals surface area contributed by atoms with E-state index in [4.69, 9.17) is 0 Å². The second-order valence-corrected chi connectivity index (χ2v) is 4.35. The number of halogens is 1. The molecule has 1 amide bonds. The van der Waals surface area contributed by atoms with Gasteiger partial charge in [-0.25, -0.2) is 5.10 Å². The minimum atomic E-state index is -0.318. The summed E-state index contributed by atoms with van der Waals surface area (Å²) in [5.41, 5.74) is 0.215. The van der Waals surface area contributed by atoms with Gasteiger partial charge in [0.1, 0.15) is 10.5 Å². The van der Waals surface area contributed by atoms with Gasteiger partial charge in [0.2, 0.25) is 5.91 Å². The van der Waals surface area contributed by atoms with Gasteiger partial charge in [0.15, 0.2) is 0 Å². The summed E-state index contributed by atoms with van der Waals surface area (Å²) in [7, 11) is 0. The number of piperidine rings is 1. The highest BCUT2D eigenvalue weighted by Crippen LogP contribution is 2.18. The number of aromatic amines is 1. The summed E-state index contributed by atoms with van der Waals surface area (Å²) in [5.74, 6) is -0.0431. The smallest absolute Gasteiger partial charge is 0.280 e. The van der Waals surface area contributed by atoms with Gasteiger partial charge in [-0.05, 0) is 28.8 Å². The third-order valence-electron chi connectivity index (χ3n) is 2.41. The van der Waals surface area contributed by atoms with Crippen molar-refractivity contribution < 1.29 is 4.79 Å². The lowest BCUT2D eigenvalue weighted by Crippen LogP contribution is -2.44. The van der Waals surface area contributed by atoms with Gasteiger partial charge in [0, 0.05) is 6.54 Å². The Bertz CT molecular complexity index is 459. The number of hydrogen-bond donors (Lipinski definition) is 3. The summed E-state index contributed by atoms with van der Waals surface area (Å²) in [6.45, 7) is 0.714. The molecule has 0 spiro atoms. The van der Waals surface area contributed by atoms with Crippen LogP contribution in [0.1, 0.15) is 12.8 Å². The molecule has 0 aromatic carbocycles. The molecule has 0 bridgehead atoms. The van der Waals surface area contributed by atoms with E-state index in [1.807, 2.05) is 0 Å². The molecule has 6 nitrogen and oxygen atoms in total. The number of amides is 1. The van der Waals surface area contributed by atoms with E-state index in [2.05, 4.69) is 36.8 Å². The van der Waals surface area contributed by atoms with Crippen molar-refractivity contribution >= 4 is 27.5 Å². The van der Waals surface area contributed by atoms with Crippen molar-refractivity contribution in [1.29, 1.82) is 0 Å². The predicted octanol–water partition coefficient (Wildman–Crippen LogP) is 0.223. The van der Waals surface area contributed by atoms with Crippen LogP contribution in [0.5, 0.6) is 0 Å². The van der Waals surface area contributed by atoms with E-state index in [1.54, 1.807) is 0 Å². The summed E-state index contributed by atoms with van der Waals surface area (Å²) in [6.07, 6.45) is 3.16. The molecule has 1 unspecified atom stereocenters. The number of hydrogen-bond acceptors (Lipinski definition) is 4. The maximum absolute atomic E-state index is 11.5. The number of nitrogens with one attached hydrogen (secondary N) is 3. The number of carbonyl (C=O) groups excluding carboxylic acids is 1. The highest BCUT2D eigenvalue weighted by Gasteiger charge is 2.22. The monoisotopic (exact) mass is 286 g/mol. The summed E-state index contributed by atoms with van der Waals surface area (Å²) < 4.78 is 0.362. The average Bonchev–Trinajstić information content (AvgIpc) is 2.28. The molecule has 2 heterocycles. The standard InChI is InChI=1S/C9H11BrN4O2/c10-7-6(4-12-14-9(7)16)13-5-2-1-3-11-8(5)15/h4-5H,1-3H2,(H,11,15)(H2,13,14,16). The van der Waals surface area contributed by atoms with Crippen molar-refractivity contribution in [2.75, 3.05) is 11.9 Å². The van der Waals surface area contributed by atoms with Crippen LogP contribution in [0.25, 0.3) is 0 Å². The molecule has 0 aliphatic carbocycles. The molecule has 2 rings (SSSR count). The fourth-order valence-corrected chi connectivity index (χ4v) is 1.89. The summed E-state index contributed by atoms with van der Waals surface area (Å²) >= 11 is 3.15. The molecule has 1 aliphatic rings. The molecule has 0 saturated carbocycles. The number of carbonyl (C=O) groups is 1. The van der Waals surface area contributed by atoms with Crippen LogP contribution in [0.3, 0.4) is 0 Å². The number of H-pyrrole nitrogens is 1. The number of rotatable bonds is 2. The molecule has 1 atom stereocenters. The lowest BCUT2D eigenvalue weighted by atomic mass is 10.1. The first-order valence-corrected chi connectivity index (χ1v) is 5.75. The maximum atomic E-state index is 11.5. The normalized spacial score (nSPS) is 20.3. The Labute approximate surface area is 99.9 Å². The van der Waals surface area contributed by atoms with Crippen molar-refractivity contribution in [1.82, 2.24) is 15.5 Å². The fraction of sp³-hybridized carbons (Fsp3) is 0.444. The van der Waals surface area contributed by atoms with Gasteiger partial charge in [-0.2, -0.15) is 5.10 Å². The SMILES string of the molecule is O=C1NCCCC1Nc1cn[nH]c(=O)c1Br. The van der Waals surface area contributed by atoms with E-state index in [9.17, 15) is 9.59 Å². The van der Waals surface area contributed by atoms with Gasteiger partial charge in [-0.15, -0.1) is 0 Å². The van der Waals surface area contributed by atoms with Gasteiger partial charge in [0.25, 0.3) is 5.56 Å². The minimum absolute atomic E-state index is 0.0431. The molecule has 1 fully saturated rings. The number of nitrogens with zero attached hydrogens (tertiary/aromatic N) is 1. The Kier molecular flexibility index (Phi) is 3.23. The van der Waals surface area contributed by atoms with Crippen molar-refractivity contribution in [3.05, 3.63) is 21.0 Å². The van der Waals surface area contributed by atoms with Crippen LogP contribution in [0.15, 0.2) is 15.5 Å². The molecular weight excluding hydrogens is 276 g/mol. The average molecular weight is 287 g/mol. The summed E-state index contributed by atoms with van der Waals surface area (Å²) in [6, 6.07) is -0.298. The van der Waals surface area contributed by atoms with E-state index in [0.717, 1.165) is 12.8 Å². The first-order valence-electron chi connectivity index (χ1n) is 4.96. The highest BCUT2D eigenvalue weighted by molar-refractivity contribution is 9.10. The topological polar surface area (TPSA) is 86.9 Å². The van der Waals surface area contributed by atoms with Crippen molar-refractivity contribution in [2.24, 2.45) is 0 Å². The first-order chi connectivity index (χ1) is 7.68. The van der Waals surface area contributed by atoms with E-state index in [0.29, 0.717) is 16.7 Å². The molecule has 1 saturated heterocycles. The van der Waals surface area contributed by atoms with E-state index in [1.165, 1.54) is 6.20 Å². The van der Waals surface area contributed by atoms with Crippen LogP contribution in [0.4, 0.5) is 5.69 Å². The summed E-state index contributed by atoms with van der Waals surface area (Å²) in [5, 5.41) is 11.7. The molecule has 7 heteroatoms. The van der Waals surface area contributed by atoms with Crippen LogP contribution in [-0.2, 0) is 4.79 Å². The molecule has 16 heavy (non-hydrogen) atoms. The predicted molar refractivity (Wildman–Crippen MR) is 62.2 cm³/mol. The Hall–Kier alpha value is -1.37. The molecule has 1 aliphatic heterocycles. The van der Waals surface area contributed by atoms with Crippen molar-refractivity contribution in [3.8, 4) is 0 Å². The zero-order valence-corrected chi connectivity index (χ0v) is 10.0. The quantitative estimate of drug-likeness (QED) is 0.726. The Balaban J connectivity index is 2.17. The molecular formula is C9H11BrN4O2. The maximum Gasteiger partial charge on any atom is 0.280 e. The Morgan fingerprint density at radius 1 is 1.50 bits per heavy atom. The molecule has 1 aromatic heterocycles. The molecule has 0 radical (unpaired) electrons. The Morgan fingerprint density at radius 3 is 3.06 bits per heavy atom. The van der Waals surface area contributed by atoms with E-state index >= 15 is 0 Å². The first kappa shape index (κ1) is 11.1. The molecule has 86 valence electrons. The zero-order chi connectivity index (χ0) is 11.5. The molecule has 3 N–H and O–H groups in total. The van der Waals surface area contributed by atoms with Crippen LogP contribution in [-0.4, -0.2) is 28.7 Å². The third kappa shape index (κ3) is 2.24. The zero-order valence-electron chi connectivity index (χ0n) is 8.42. The lowest BCUT2D eigenvalue weighted by molar-refractivity contribution is -0.123. The van der Waals surface area contributed by atoms with Crippen LogP contribution in [0.2, 0.25) is 0 Å². The van der Waals surface area contributed by atoms with Gasteiger partial charge in [-0.1, -0.05) is 0 Å². The van der Waals surface area contributed by atoms with E-state index < -0.39 is 0 Å². The molecule has 1 aromatic rings. The van der Waals surface area contributed by atoms with Gasteiger partial charge < -0.3 is 10.6 Å². The lowest BCUT2D eigenvalue weighted by Gasteiger charge is -2.23. The Morgan fingerprint density at radius 2 is 2.31 bits per heavy atom. The number of aromatic nitrogens is 2. The summed E-state index contributed by atoms with van der Waals surface area (Å²) in [4.78, 5) is 22.8. The van der Waals surface area contributed by atoms with Crippen LogP contribution in [0, 0.1) is 0 Å². The second kappa shape index (κ2) is 4.65. The van der Waals surface area contributed by atoms with Crippen molar-refractivity contribution in [2.45, 2.75) is 18.9 Å². The van der Waals surface area contributed by atoms with Gasteiger partial charge in [0.05, 0.1) is 11.9 Å². The number of anilines is 1. The van der Waals surface area contributed by atoms with Crippen LogP contribution >= 0.6 is 15.9 Å². The van der Waals surface area contributed by atoms with Crippen LogP contribution < -0.4 is 16.2 Å². The van der Waals surface area contributed by atoms with Gasteiger partial charge in [-0.3, -0.25) is 9.59 Å². The van der Waals surface area contributed by atoms with E-state index in [-0.39, 0.29) is 17.5 Å². The highest BCUT2D eigenvalue weighted by atomic mass is 79.9. The fourth-order valence-electron chi connectivity index (χ4n) is 1.58.